The molecular formula is C16H13ClN2OS. The molecule has 0 aromatic heterocycles. The number of benzene rings is 2. The summed E-state index contributed by atoms with van der Waals surface area (Å²) >= 11 is 7.65. The fourth-order valence-corrected chi connectivity index (χ4v) is 3.60. The first-order valence-electron chi connectivity index (χ1n) is 6.51. The van der Waals surface area contributed by atoms with Crippen molar-refractivity contribution in [1.82, 2.24) is 5.32 Å². The number of aliphatic imine (C=N–C) groups is 1. The van der Waals surface area contributed by atoms with Gasteiger partial charge in [-0.25, -0.2) is 4.99 Å². The summed E-state index contributed by atoms with van der Waals surface area (Å²) in [7, 11) is 0. The van der Waals surface area contributed by atoms with E-state index < -0.39 is 0 Å². The molecule has 0 saturated heterocycles. The van der Waals surface area contributed by atoms with Gasteiger partial charge in [-0.3, -0.25) is 4.79 Å². The van der Waals surface area contributed by atoms with Crippen LogP contribution in [0.25, 0.3) is 0 Å². The highest BCUT2D eigenvalue weighted by molar-refractivity contribution is 8.14. The second-order valence-electron chi connectivity index (χ2n) is 4.71. The summed E-state index contributed by atoms with van der Waals surface area (Å²) in [6.45, 7) is 1.48. The molecular weight excluding hydrogens is 304 g/mol. The highest BCUT2D eigenvalue weighted by Gasteiger charge is 2.25. The van der Waals surface area contributed by atoms with Crippen molar-refractivity contribution in [3.8, 4) is 0 Å². The van der Waals surface area contributed by atoms with E-state index in [9.17, 15) is 4.79 Å². The topological polar surface area (TPSA) is 41.5 Å². The summed E-state index contributed by atoms with van der Waals surface area (Å²) in [5.74, 6) is -0.120. The monoisotopic (exact) mass is 316 g/mol. The molecule has 5 heteroatoms. The molecule has 1 atom stereocenters. The minimum Gasteiger partial charge on any atom is -0.305 e. The molecule has 21 heavy (non-hydrogen) atoms. The Morgan fingerprint density at radius 1 is 1.24 bits per heavy atom. The number of nitrogens with zero attached hydrogens (tertiary/aromatic N) is 1. The van der Waals surface area contributed by atoms with Gasteiger partial charge in [0.1, 0.15) is 0 Å². The number of carbonyl (C=O) groups excluding carboxylic acids is 1. The molecule has 2 aromatic carbocycles. The highest BCUT2D eigenvalue weighted by Crippen LogP contribution is 2.45. The van der Waals surface area contributed by atoms with Crippen LogP contribution in [-0.4, -0.2) is 11.1 Å². The molecule has 1 aliphatic heterocycles. The lowest BCUT2D eigenvalue weighted by Gasteiger charge is -2.24. The Balaban J connectivity index is 2.07. The van der Waals surface area contributed by atoms with Gasteiger partial charge in [-0.15, -0.1) is 0 Å². The molecule has 0 saturated carbocycles. The first-order chi connectivity index (χ1) is 10.1. The number of hydrogen-bond donors (Lipinski definition) is 1. The Labute approximate surface area is 132 Å². The number of carbonyl (C=O) groups is 1. The SMILES string of the molecule is CC(=O)NC1=Nc2ccc(Cl)cc2C(c2ccccc2)S1. The van der Waals surface area contributed by atoms with Crippen LogP contribution >= 0.6 is 23.4 Å². The molecule has 1 amide bonds. The largest absolute Gasteiger partial charge is 0.305 e. The number of thioether (sulfide) groups is 1. The fraction of sp³-hybridized carbons (Fsp3) is 0.125. The number of rotatable bonds is 1. The van der Waals surface area contributed by atoms with Crippen LogP contribution in [0.2, 0.25) is 5.02 Å². The van der Waals surface area contributed by atoms with Crippen LogP contribution in [0.5, 0.6) is 0 Å². The third kappa shape index (κ3) is 3.12. The average Bonchev–Trinajstić information content (AvgIpc) is 2.47. The number of nitrogens with one attached hydrogen (secondary N) is 1. The summed E-state index contributed by atoms with van der Waals surface area (Å²) in [6.07, 6.45) is 0. The lowest BCUT2D eigenvalue weighted by atomic mass is 10.0. The Hall–Kier alpha value is -1.78. The number of hydrogen-bond acceptors (Lipinski definition) is 3. The molecule has 1 unspecified atom stereocenters. The lowest BCUT2D eigenvalue weighted by molar-refractivity contribution is -0.117. The fourth-order valence-electron chi connectivity index (χ4n) is 2.23. The van der Waals surface area contributed by atoms with E-state index >= 15 is 0 Å². The van der Waals surface area contributed by atoms with Crippen molar-refractivity contribution in [3.63, 3.8) is 0 Å². The van der Waals surface area contributed by atoms with E-state index in [-0.39, 0.29) is 11.2 Å². The molecule has 0 radical (unpaired) electrons. The Kier molecular flexibility index (Phi) is 3.99. The third-order valence-corrected chi connectivity index (χ3v) is 4.52. The smallest absolute Gasteiger partial charge is 0.222 e. The summed E-state index contributed by atoms with van der Waals surface area (Å²) in [6, 6.07) is 15.8. The van der Waals surface area contributed by atoms with E-state index in [0.29, 0.717) is 10.2 Å². The minimum absolute atomic E-state index is 0.0687. The minimum atomic E-state index is -0.120. The number of amides is 1. The van der Waals surface area contributed by atoms with Crippen molar-refractivity contribution in [3.05, 3.63) is 64.7 Å². The Morgan fingerprint density at radius 3 is 2.71 bits per heavy atom. The van der Waals surface area contributed by atoms with Gasteiger partial charge in [-0.2, -0.15) is 0 Å². The van der Waals surface area contributed by atoms with E-state index in [0.717, 1.165) is 16.8 Å². The normalized spacial score (nSPS) is 16.9. The maximum atomic E-state index is 11.3. The summed E-state index contributed by atoms with van der Waals surface area (Å²) in [5, 5.41) is 4.15. The summed E-state index contributed by atoms with van der Waals surface area (Å²) < 4.78 is 0. The van der Waals surface area contributed by atoms with Gasteiger partial charge in [0.05, 0.1) is 10.9 Å². The Bertz CT molecular complexity index is 715. The van der Waals surface area contributed by atoms with Gasteiger partial charge in [0.25, 0.3) is 0 Å². The van der Waals surface area contributed by atoms with Crippen LogP contribution in [0.3, 0.4) is 0 Å². The standard InChI is InChI=1S/C16H13ClN2OS/c1-10(20)18-16-19-14-8-7-12(17)9-13(14)15(21-16)11-5-3-2-4-6-11/h2-9,15H,1H3,(H,18,19,20). The third-order valence-electron chi connectivity index (χ3n) is 3.11. The predicted octanol–water partition coefficient (Wildman–Crippen LogP) is 4.30. The molecule has 1 N–H and O–H groups in total. The van der Waals surface area contributed by atoms with E-state index in [2.05, 4.69) is 22.4 Å². The number of fused-ring (bicyclic) bond motifs is 1. The quantitative estimate of drug-likeness (QED) is 0.852. The van der Waals surface area contributed by atoms with Gasteiger partial charge < -0.3 is 5.32 Å². The van der Waals surface area contributed by atoms with Crippen LogP contribution in [0.4, 0.5) is 5.69 Å². The van der Waals surface area contributed by atoms with Gasteiger partial charge in [0.15, 0.2) is 5.17 Å². The van der Waals surface area contributed by atoms with Crippen molar-refractivity contribution in [2.75, 3.05) is 0 Å². The zero-order valence-electron chi connectivity index (χ0n) is 11.3. The molecule has 0 spiro atoms. The molecule has 1 heterocycles. The Morgan fingerprint density at radius 2 is 2.00 bits per heavy atom. The average molecular weight is 317 g/mol. The zero-order valence-corrected chi connectivity index (χ0v) is 12.9. The van der Waals surface area contributed by atoms with Crippen molar-refractivity contribution in [2.24, 2.45) is 4.99 Å². The lowest BCUT2D eigenvalue weighted by Crippen LogP contribution is -2.27. The first kappa shape index (κ1) is 14.2. The summed E-state index contributed by atoms with van der Waals surface area (Å²) in [4.78, 5) is 15.8. The molecule has 106 valence electrons. The van der Waals surface area contributed by atoms with Crippen LogP contribution in [-0.2, 0) is 4.79 Å². The summed E-state index contributed by atoms with van der Waals surface area (Å²) in [5.41, 5.74) is 3.06. The maximum Gasteiger partial charge on any atom is 0.222 e. The van der Waals surface area contributed by atoms with Gasteiger partial charge in [-0.05, 0) is 29.3 Å². The molecule has 1 aliphatic rings. The number of amidine groups is 1. The van der Waals surface area contributed by atoms with Gasteiger partial charge in [0.2, 0.25) is 5.91 Å². The maximum absolute atomic E-state index is 11.3. The van der Waals surface area contributed by atoms with Crippen molar-refractivity contribution < 1.29 is 4.79 Å². The predicted molar refractivity (Wildman–Crippen MR) is 88.2 cm³/mol. The second kappa shape index (κ2) is 5.92. The zero-order chi connectivity index (χ0) is 14.8. The van der Waals surface area contributed by atoms with Crippen molar-refractivity contribution in [2.45, 2.75) is 12.2 Å². The van der Waals surface area contributed by atoms with E-state index in [1.54, 1.807) is 0 Å². The first-order valence-corrected chi connectivity index (χ1v) is 7.76. The van der Waals surface area contributed by atoms with Crippen LogP contribution in [0.15, 0.2) is 53.5 Å². The van der Waals surface area contributed by atoms with Crippen LogP contribution in [0.1, 0.15) is 23.3 Å². The highest BCUT2D eigenvalue weighted by atomic mass is 35.5. The van der Waals surface area contributed by atoms with E-state index in [4.69, 9.17) is 11.6 Å². The second-order valence-corrected chi connectivity index (χ2v) is 6.24. The van der Waals surface area contributed by atoms with Crippen LogP contribution in [0, 0.1) is 0 Å². The molecule has 2 aromatic rings. The van der Waals surface area contributed by atoms with E-state index in [1.807, 2.05) is 36.4 Å². The molecule has 0 fully saturated rings. The molecule has 3 rings (SSSR count). The van der Waals surface area contributed by atoms with Crippen molar-refractivity contribution in [1.29, 1.82) is 0 Å². The van der Waals surface area contributed by atoms with Gasteiger partial charge in [0, 0.05) is 11.9 Å². The van der Waals surface area contributed by atoms with Gasteiger partial charge in [-0.1, -0.05) is 53.7 Å². The van der Waals surface area contributed by atoms with Gasteiger partial charge >= 0.3 is 0 Å². The van der Waals surface area contributed by atoms with Crippen molar-refractivity contribution >= 4 is 40.1 Å². The number of halogens is 1. The van der Waals surface area contributed by atoms with E-state index in [1.165, 1.54) is 18.7 Å². The molecule has 0 aliphatic carbocycles. The molecule has 0 bridgehead atoms. The molecule has 3 nitrogen and oxygen atoms in total. The van der Waals surface area contributed by atoms with Crippen LogP contribution < -0.4 is 5.32 Å².